The van der Waals surface area contributed by atoms with Crippen LogP contribution < -0.4 is 14.8 Å². The van der Waals surface area contributed by atoms with Crippen LogP contribution in [0, 0.1) is 5.82 Å². The number of carbonyl (C=O) groups excluding carboxylic acids is 1. The van der Waals surface area contributed by atoms with Crippen molar-refractivity contribution in [3.8, 4) is 11.5 Å². The summed E-state index contributed by atoms with van der Waals surface area (Å²) in [5, 5.41) is 2.70. The van der Waals surface area contributed by atoms with E-state index in [1.54, 1.807) is 25.1 Å². The molecule has 1 unspecified atom stereocenters. The van der Waals surface area contributed by atoms with Gasteiger partial charge in [0, 0.05) is 24.7 Å². The van der Waals surface area contributed by atoms with E-state index >= 15 is 0 Å². The number of hydrogen-bond donors (Lipinski definition) is 1. The fraction of sp³-hybridized carbons (Fsp3) is 0.381. The maximum atomic E-state index is 14.4. The summed E-state index contributed by atoms with van der Waals surface area (Å²) >= 11 is 0. The van der Waals surface area contributed by atoms with Gasteiger partial charge in [0.2, 0.25) is 10.0 Å². The highest BCUT2D eigenvalue weighted by Crippen LogP contribution is 2.30. The van der Waals surface area contributed by atoms with Gasteiger partial charge in [0.25, 0.3) is 5.91 Å². The van der Waals surface area contributed by atoms with E-state index < -0.39 is 27.8 Å². The van der Waals surface area contributed by atoms with E-state index in [0.29, 0.717) is 17.1 Å². The molecule has 0 radical (unpaired) electrons. The van der Waals surface area contributed by atoms with E-state index in [4.69, 9.17) is 14.2 Å². The van der Waals surface area contributed by atoms with Crippen molar-refractivity contribution in [1.82, 2.24) is 9.62 Å². The normalized spacial score (nSPS) is 15.9. The molecule has 0 aliphatic carbocycles. The van der Waals surface area contributed by atoms with Gasteiger partial charge in [-0.25, -0.2) is 12.8 Å². The molecule has 10 heteroatoms. The molecule has 8 nitrogen and oxygen atoms in total. The molecular formula is C21H25FN2O6S. The van der Waals surface area contributed by atoms with Crippen molar-refractivity contribution in [1.29, 1.82) is 0 Å². The molecule has 1 fully saturated rings. The molecule has 1 amide bonds. The van der Waals surface area contributed by atoms with Crippen LogP contribution in [0.5, 0.6) is 11.5 Å². The van der Waals surface area contributed by atoms with Crippen LogP contribution in [0.1, 0.15) is 28.9 Å². The summed E-state index contributed by atoms with van der Waals surface area (Å²) in [6.07, 6.45) is 0. The Bertz CT molecular complexity index is 1050. The van der Waals surface area contributed by atoms with Gasteiger partial charge in [-0.05, 0) is 37.3 Å². The molecule has 0 bridgehead atoms. The lowest BCUT2D eigenvalue weighted by atomic mass is 10.1. The van der Waals surface area contributed by atoms with Crippen LogP contribution in [-0.4, -0.2) is 59.2 Å². The van der Waals surface area contributed by atoms with Crippen molar-refractivity contribution in [2.75, 3.05) is 40.5 Å². The molecule has 1 aliphatic rings. The highest BCUT2D eigenvalue weighted by Gasteiger charge is 2.28. The van der Waals surface area contributed by atoms with Crippen molar-refractivity contribution >= 4 is 15.9 Å². The summed E-state index contributed by atoms with van der Waals surface area (Å²) in [5.74, 6) is -0.461. The second kappa shape index (κ2) is 9.63. The summed E-state index contributed by atoms with van der Waals surface area (Å²) in [6, 6.07) is 7.80. The number of morpholine rings is 1. The SMILES string of the molecule is COc1ccc(C(C)NC(=O)c2cc(S(=O)(=O)N3CCOCC3)ccc2F)c(OC)c1. The van der Waals surface area contributed by atoms with Gasteiger partial charge in [0.15, 0.2) is 0 Å². The van der Waals surface area contributed by atoms with Crippen molar-refractivity contribution in [2.45, 2.75) is 17.9 Å². The van der Waals surface area contributed by atoms with Crippen LogP contribution >= 0.6 is 0 Å². The summed E-state index contributed by atoms with van der Waals surface area (Å²) < 4.78 is 57.1. The first kappa shape index (κ1) is 23.0. The zero-order chi connectivity index (χ0) is 22.6. The minimum atomic E-state index is -3.86. The summed E-state index contributed by atoms with van der Waals surface area (Å²) in [4.78, 5) is 12.6. The zero-order valence-electron chi connectivity index (χ0n) is 17.6. The number of ether oxygens (including phenoxy) is 3. The van der Waals surface area contributed by atoms with Crippen LogP contribution in [-0.2, 0) is 14.8 Å². The van der Waals surface area contributed by atoms with E-state index in [0.717, 1.165) is 18.2 Å². The molecule has 2 aromatic carbocycles. The van der Waals surface area contributed by atoms with Crippen molar-refractivity contribution in [3.63, 3.8) is 0 Å². The zero-order valence-corrected chi connectivity index (χ0v) is 18.4. The van der Waals surface area contributed by atoms with Crippen LogP contribution in [0.4, 0.5) is 4.39 Å². The fourth-order valence-corrected chi connectivity index (χ4v) is 4.74. The number of hydrogen-bond acceptors (Lipinski definition) is 6. The third-order valence-corrected chi connectivity index (χ3v) is 6.94. The second-order valence-corrected chi connectivity index (χ2v) is 8.90. The number of carbonyl (C=O) groups is 1. The lowest BCUT2D eigenvalue weighted by Crippen LogP contribution is -2.40. The van der Waals surface area contributed by atoms with Gasteiger partial charge in [-0.3, -0.25) is 4.79 Å². The van der Waals surface area contributed by atoms with Crippen molar-refractivity contribution in [2.24, 2.45) is 0 Å². The first-order valence-corrected chi connectivity index (χ1v) is 11.1. The van der Waals surface area contributed by atoms with Crippen LogP contribution in [0.15, 0.2) is 41.3 Å². The van der Waals surface area contributed by atoms with Crippen molar-refractivity contribution < 1.29 is 31.8 Å². The molecule has 2 aromatic rings. The molecule has 168 valence electrons. The lowest BCUT2D eigenvalue weighted by molar-refractivity contribution is 0.0730. The number of methoxy groups -OCH3 is 2. The molecule has 1 atom stereocenters. The number of sulfonamides is 1. The third-order valence-electron chi connectivity index (χ3n) is 5.05. The van der Waals surface area contributed by atoms with Gasteiger partial charge in [0.05, 0.1) is 43.9 Å². The predicted molar refractivity (Wildman–Crippen MR) is 111 cm³/mol. The maximum Gasteiger partial charge on any atom is 0.254 e. The fourth-order valence-electron chi connectivity index (χ4n) is 3.30. The van der Waals surface area contributed by atoms with Crippen LogP contribution in [0.25, 0.3) is 0 Å². The number of amides is 1. The Balaban J connectivity index is 1.84. The van der Waals surface area contributed by atoms with E-state index in [1.807, 2.05) is 0 Å². The van der Waals surface area contributed by atoms with E-state index in [9.17, 15) is 17.6 Å². The highest BCUT2D eigenvalue weighted by atomic mass is 32.2. The topological polar surface area (TPSA) is 94.2 Å². The highest BCUT2D eigenvalue weighted by molar-refractivity contribution is 7.89. The Morgan fingerprint density at radius 3 is 2.48 bits per heavy atom. The number of nitrogens with zero attached hydrogens (tertiary/aromatic N) is 1. The smallest absolute Gasteiger partial charge is 0.254 e. The molecule has 1 N–H and O–H groups in total. The Kier molecular flexibility index (Phi) is 7.14. The minimum absolute atomic E-state index is 0.143. The maximum absolute atomic E-state index is 14.4. The number of benzene rings is 2. The standard InChI is InChI=1S/C21H25FN2O6S/c1-14(17-6-4-15(28-2)12-20(17)29-3)23-21(25)18-13-16(5-7-19(18)22)31(26,27)24-8-10-30-11-9-24/h4-7,12-14H,8-11H2,1-3H3,(H,23,25). The van der Waals surface area contributed by atoms with Gasteiger partial charge < -0.3 is 19.5 Å². The average Bonchev–Trinajstić information content (AvgIpc) is 2.79. The summed E-state index contributed by atoms with van der Waals surface area (Å²) in [6.45, 7) is 2.70. The minimum Gasteiger partial charge on any atom is -0.497 e. The van der Waals surface area contributed by atoms with E-state index in [-0.39, 0.29) is 36.8 Å². The molecule has 1 heterocycles. The molecule has 31 heavy (non-hydrogen) atoms. The molecule has 0 aromatic heterocycles. The number of nitrogens with one attached hydrogen (secondary N) is 1. The molecule has 1 aliphatic heterocycles. The monoisotopic (exact) mass is 452 g/mol. The lowest BCUT2D eigenvalue weighted by Gasteiger charge is -2.26. The predicted octanol–water partition coefficient (Wildman–Crippen LogP) is 2.35. The third kappa shape index (κ3) is 4.97. The first-order chi connectivity index (χ1) is 14.8. The Labute approximate surface area is 181 Å². The summed E-state index contributed by atoms with van der Waals surface area (Å²) in [5.41, 5.74) is 0.308. The van der Waals surface area contributed by atoms with Gasteiger partial charge in [-0.1, -0.05) is 0 Å². The van der Waals surface area contributed by atoms with Gasteiger partial charge in [-0.2, -0.15) is 4.31 Å². The summed E-state index contributed by atoms with van der Waals surface area (Å²) in [7, 11) is -0.840. The van der Waals surface area contributed by atoms with Crippen molar-refractivity contribution in [3.05, 3.63) is 53.3 Å². The quantitative estimate of drug-likeness (QED) is 0.693. The second-order valence-electron chi connectivity index (χ2n) is 6.96. The molecule has 1 saturated heterocycles. The number of halogens is 1. The van der Waals surface area contributed by atoms with Gasteiger partial charge in [0.1, 0.15) is 17.3 Å². The molecule has 0 saturated carbocycles. The Morgan fingerprint density at radius 1 is 1.13 bits per heavy atom. The Hall–Kier alpha value is -2.69. The molecule has 3 rings (SSSR count). The molecule has 0 spiro atoms. The van der Waals surface area contributed by atoms with Gasteiger partial charge >= 0.3 is 0 Å². The van der Waals surface area contributed by atoms with Gasteiger partial charge in [-0.15, -0.1) is 0 Å². The largest absolute Gasteiger partial charge is 0.497 e. The first-order valence-electron chi connectivity index (χ1n) is 9.68. The average molecular weight is 453 g/mol. The number of rotatable bonds is 7. The Morgan fingerprint density at radius 2 is 1.84 bits per heavy atom. The van der Waals surface area contributed by atoms with Crippen LogP contribution in [0.2, 0.25) is 0 Å². The van der Waals surface area contributed by atoms with E-state index in [2.05, 4.69) is 5.32 Å². The van der Waals surface area contributed by atoms with Crippen LogP contribution in [0.3, 0.4) is 0 Å². The molecular weight excluding hydrogens is 427 g/mol. The van der Waals surface area contributed by atoms with E-state index in [1.165, 1.54) is 18.5 Å².